The van der Waals surface area contributed by atoms with Crippen LogP contribution >= 0.6 is 15.9 Å². The lowest BCUT2D eigenvalue weighted by Crippen LogP contribution is -2.43. The van der Waals surface area contributed by atoms with Crippen LogP contribution in [0.3, 0.4) is 0 Å². The second-order valence-electron chi connectivity index (χ2n) is 7.29. The maximum absolute atomic E-state index is 12.3. The van der Waals surface area contributed by atoms with Crippen LogP contribution in [0.2, 0.25) is 0 Å². The van der Waals surface area contributed by atoms with Crippen LogP contribution in [0.1, 0.15) is 20.7 Å². The molecule has 0 fully saturated rings. The zero-order chi connectivity index (χ0) is 23.9. The number of anilines is 1. The lowest BCUT2D eigenvalue weighted by atomic mass is 10.1. The number of carbonyl (C=O) groups is 3. The van der Waals surface area contributed by atoms with Crippen molar-refractivity contribution in [3.8, 4) is 5.75 Å². The van der Waals surface area contributed by atoms with Crippen LogP contribution < -0.4 is 20.9 Å². The SMILES string of the molecule is O=C(COc1ccc2ccccc2c1Br)NNC(=O)c1ccc(NC(=O)c2ccccc2)cc1. The van der Waals surface area contributed by atoms with Gasteiger partial charge in [-0.3, -0.25) is 25.2 Å². The minimum absolute atomic E-state index is 0.247. The Hall–Kier alpha value is -4.17. The number of hydrogen-bond acceptors (Lipinski definition) is 4. The third-order valence-corrected chi connectivity index (χ3v) is 5.76. The normalized spacial score (nSPS) is 10.4. The van der Waals surface area contributed by atoms with E-state index in [-0.39, 0.29) is 12.5 Å². The molecule has 3 amide bonds. The molecule has 0 aliphatic carbocycles. The number of ether oxygens (including phenoxy) is 1. The Bertz CT molecular complexity index is 1340. The lowest BCUT2D eigenvalue weighted by Gasteiger charge is -2.11. The average molecular weight is 518 g/mol. The molecule has 34 heavy (non-hydrogen) atoms. The molecule has 0 saturated heterocycles. The highest BCUT2D eigenvalue weighted by Crippen LogP contribution is 2.32. The molecule has 0 unspecified atom stereocenters. The summed E-state index contributed by atoms with van der Waals surface area (Å²) in [6.07, 6.45) is 0. The number of amides is 3. The molecule has 4 rings (SSSR count). The number of hydrazine groups is 1. The van der Waals surface area contributed by atoms with Crippen molar-refractivity contribution in [1.29, 1.82) is 0 Å². The highest BCUT2D eigenvalue weighted by atomic mass is 79.9. The molecular weight excluding hydrogens is 498 g/mol. The van der Waals surface area contributed by atoms with Gasteiger partial charge in [-0.15, -0.1) is 0 Å². The fourth-order valence-corrected chi connectivity index (χ4v) is 3.81. The van der Waals surface area contributed by atoms with E-state index in [9.17, 15) is 14.4 Å². The van der Waals surface area contributed by atoms with Crippen LogP contribution in [0, 0.1) is 0 Å². The largest absolute Gasteiger partial charge is 0.483 e. The van der Waals surface area contributed by atoms with E-state index in [1.807, 2.05) is 36.4 Å². The van der Waals surface area contributed by atoms with Gasteiger partial charge in [0.15, 0.2) is 6.61 Å². The van der Waals surface area contributed by atoms with Crippen molar-refractivity contribution < 1.29 is 19.1 Å². The molecule has 0 aromatic heterocycles. The second kappa shape index (κ2) is 10.6. The first kappa shape index (κ1) is 23.0. The molecule has 0 aliphatic rings. The van der Waals surface area contributed by atoms with Crippen molar-refractivity contribution in [1.82, 2.24) is 10.9 Å². The average Bonchev–Trinajstić information content (AvgIpc) is 2.88. The van der Waals surface area contributed by atoms with Crippen molar-refractivity contribution in [2.75, 3.05) is 11.9 Å². The number of nitrogens with one attached hydrogen (secondary N) is 3. The number of fused-ring (bicyclic) bond motifs is 1. The van der Waals surface area contributed by atoms with Gasteiger partial charge in [0, 0.05) is 16.8 Å². The third-order valence-electron chi connectivity index (χ3n) is 4.94. The zero-order valence-corrected chi connectivity index (χ0v) is 19.5. The zero-order valence-electron chi connectivity index (χ0n) is 17.9. The van der Waals surface area contributed by atoms with Crippen molar-refractivity contribution in [2.45, 2.75) is 0 Å². The van der Waals surface area contributed by atoms with E-state index in [1.54, 1.807) is 54.6 Å². The topological polar surface area (TPSA) is 96.5 Å². The number of benzene rings is 4. The number of hydrogen-bond donors (Lipinski definition) is 3. The van der Waals surface area contributed by atoms with E-state index in [4.69, 9.17) is 4.74 Å². The quantitative estimate of drug-likeness (QED) is 0.323. The third kappa shape index (κ3) is 5.60. The molecule has 0 bridgehead atoms. The summed E-state index contributed by atoms with van der Waals surface area (Å²) in [4.78, 5) is 36.6. The van der Waals surface area contributed by atoms with Crippen molar-refractivity contribution in [2.24, 2.45) is 0 Å². The molecule has 0 atom stereocenters. The molecule has 4 aromatic carbocycles. The highest BCUT2D eigenvalue weighted by molar-refractivity contribution is 9.10. The minimum atomic E-state index is -0.514. The summed E-state index contributed by atoms with van der Waals surface area (Å²) in [5.41, 5.74) is 6.07. The first-order valence-corrected chi connectivity index (χ1v) is 11.2. The fourth-order valence-electron chi connectivity index (χ4n) is 3.20. The fraction of sp³-hybridized carbons (Fsp3) is 0.0385. The van der Waals surface area contributed by atoms with E-state index in [1.165, 1.54) is 0 Å². The van der Waals surface area contributed by atoms with E-state index in [2.05, 4.69) is 32.1 Å². The van der Waals surface area contributed by atoms with Crippen LogP contribution in [-0.4, -0.2) is 24.3 Å². The van der Waals surface area contributed by atoms with Gasteiger partial charge in [0.2, 0.25) is 0 Å². The molecule has 7 nitrogen and oxygen atoms in total. The summed E-state index contributed by atoms with van der Waals surface area (Å²) in [6, 6.07) is 26.6. The summed E-state index contributed by atoms with van der Waals surface area (Å²) in [7, 11) is 0. The van der Waals surface area contributed by atoms with Gasteiger partial charge in [-0.2, -0.15) is 0 Å². The first-order valence-electron chi connectivity index (χ1n) is 10.4. The van der Waals surface area contributed by atoms with Crippen LogP contribution in [0.15, 0.2) is 95.5 Å². The minimum Gasteiger partial charge on any atom is -0.483 e. The number of rotatable bonds is 6. The van der Waals surface area contributed by atoms with Gasteiger partial charge < -0.3 is 10.1 Å². The molecule has 0 spiro atoms. The maximum Gasteiger partial charge on any atom is 0.276 e. The predicted octanol–water partition coefficient (Wildman–Crippen LogP) is 4.69. The Morgan fingerprint density at radius 1 is 0.706 bits per heavy atom. The van der Waals surface area contributed by atoms with Crippen molar-refractivity contribution >= 4 is 50.1 Å². The standard InChI is InChI=1S/C26H20BrN3O4/c27-24-21-9-5-4-6-17(21)12-15-22(24)34-16-23(31)29-30-26(33)19-10-13-20(14-11-19)28-25(32)18-7-2-1-3-8-18/h1-15H,16H2,(H,28,32)(H,29,31)(H,30,33). The Balaban J connectivity index is 1.27. The number of halogens is 1. The summed E-state index contributed by atoms with van der Waals surface area (Å²) < 4.78 is 6.34. The van der Waals surface area contributed by atoms with Crippen molar-refractivity contribution in [3.63, 3.8) is 0 Å². The molecular formula is C26H20BrN3O4. The van der Waals surface area contributed by atoms with Gasteiger partial charge >= 0.3 is 0 Å². The Kier molecular flexibility index (Phi) is 7.19. The van der Waals surface area contributed by atoms with Gasteiger partial charge in [0.25, 0.3) is 17.7 Å². The Morgan fingerprint density at radius 3 is 2.15 bits per heavy atom. The second-order valence-corrected chi connectivity index (χ2v) is 8.08. The van der Waals surface area contributed by atoms with Gasteiger partial charge in [-0.05, 0) is 69.2 Å². The monoisotopic (exact) mass is 517 g/mol. The lowest BCUT2D eigenvalue weighted by molar-refractivity contribution is -0.123. The molecule has 0 aliphatic heterocycles. The van der Waals surface area contributed by atoms with Gasteiger partial charge in [0.05, 0.1) is 4.47 Å². The summed E-state index contributed by atoms with van der Waals surface area (Å²) in [5.74, 6) is -0.738. The molecule has 8 heteroatoms. The van der Waals surface area contributed by atoms with E-state index < -0.39 is 11.8 Å². The number of carbonyl (C=O) groups excluding carboxylic acids is 3. The van der Waals surface area contributed by atoms with Crippen LogP contribution in [-0.2, 0) is 4.79 Å². The van der Waals surface area contributed by atoms with E-state index >= 15 is 0 Å². The first-order chi connectivity index (χ1) is 16.5. The molecule has 4 aromatic rings. The van der Waals surface area contributed by atoms with Crippen LogP contribution in [0.5, 0.6) is 5.75 Å². The molecule has 3 N–H and O–H groups in total. The summed E-state index contributed by atoms with van der Waals surface area (Å²) >= 11 is 3.51. The van der Waals surface area contributed by atoms with Gasteiger partial charge in [-0.25, -0.2) is 0 Å². The van der Waals surface area contributed by atoms with E-state index in [0.717, 1.165) is 15.2 Å². The molecule has 0 radical (unpaired) electrons. The molecule has 0 saturated carbocycles. The Morgan fingerprint density at radius 2 is 1.38 bits per heavy atom. The predicted molar refractivity (Wildman–Crippen MR) is 134 cm³/mol. The van der Waals surface area contributed by atoms with Crippen LogP contribution in [0.25, 0.3) is 10.8 Å². The summed E-state index contributed by atoms with van der Waals surface area (Å²) in [5, 5.41) is 4.78. The van der Waals surface area contributed by atoms with Gasteiger partial charge in [-0.1, -0.05) is 48.5 Å². The highest BCUT2D eigenvalue weighted by Gasteiger charge is 2.11. The Labute approximate surface area is 204 Å². The smallest absolute Gasteiger partial charge is 0.276 e. The molecule has 0 heterocycles. The maximum atomic E-state index is 12.3. The molecule has 170 valence electrons. The van der Waals surface area contributed by atoms with Crippen molar-refractivity contribution in [3.05, 3.63) is 107 Å². The van der Waals surface area contributed by atoms with Crippen LogP contribution in [0.4, 0.5) is 5.69 Å². The summed E-state index contributed by atoms with van der Waals surface area (Å²) in [6.45, 7) is -0.276. The van der Waals surface area contributed by atoms with E-state index in [0.29, 0.717) is 22.6 Å². The van der Waals surface area contributed by atoms with Gasteiger partial charge in [0.1, 0.15) is 5.75 Å².